The predicted octanol–water partition coefficient (Wildman–Crippen LogP) is 1.98. The molecule has 0 radical (unpaired) electrons. The summed E-state index contributed by atoms with van der Waals surface area (Å²) in [6.07, 6.45) is 4.35. The highest BCUT2D eigenvalue weighted by Crippen LogP contribution is 2.59. The molecule has 142 valence electrons. The average Bonchev–Trinajstić information content (AvgIpc) is 3.08. The number of hydrogen-bond acceptors (Lipinski definition) is 6. The van der Waals surface area contributed by atoms with Crippen LogP contribution in [-0.4, -0.2) is 59.4 Å². The van der Waals surface area contributed by atoms with Gasteiger partial charge in [-0.25, -0.2) is 4.98 Å². The predicted molar refractivity (Wildman–Crippen MR) is 105 cm³/mol. The van der Waals surface area contributed by atoms with E-state index < -0.39 is 0 Å². The molecule has 1 amide bonds. The second-order valence-corrected chi connectivity index (χ2v) is 7.76. The number of halogens is 2. The molecule has 2 saturated heterocycles. The quantitative estimate of drug-likeness (QED) is 0.829. The number of nitrogens with one attached hydrogen (secondary N) is 1. The minimum Gasteiger partial charge on any atom is -0.343 e. The first-order valence-corrected chi connectivity index (χ1v) is 9.56. The van der Waals surface area contributed by atoms with E-state index in [4.69, 9.17) is 0 Å². The van der Waals surface area contributed by atoms with Crippen molar-refractivity contribution in [1.29, 1.82) is 0 Å². The van der Waals surface area contributed by atoms with Crippen molar-refractivity contribution in [3.05, 3.63) is 5.82 Å². The minimum absolute atomic E-state index is 0. The highest BCUT2D eigenvalue weighted by molar-refractivity contribution is 7.09. The van der Waals surface area contributed by atoms with Crippen LogP contribution in [-0.2, 0) is 11.2 Å². The first kappa shape index (κ1) is 20.7. The van der Waals surface area contributed by atoms with E-state index in [2.05, 4.69) is 31.4 Å². The van der Waals surface area contributed by atoms with Crippen molar-refractivity contribution in [1.82, 2.24) is 19.6 Å². The monoisotopic (exact) mass is 407 g/mol. The molecule has 4 rings (SSSR count). The zero-order valence-electron chi connectivity index (χ0n) is 14.6. The van der Waals surface area contributed by atoms with Crippen LogP contribution in [0.3, 0.4) is 0 Å². The summed E-state index contributed by atoms with van der Waals surface area (Å²) in [5.41, 5.74) is 0.342. The normalized spacial score (nSPS) is 24.4. The van der Waals surface area contributed by atoms with Crippen LogP contribution >= 0.6 is 36.3 Å². The van der Waals surface area contributed by atoms with E-state index in [1.807, 2.05) is 0 Å². The lowest BCUT2D eigenvalue weighted by atomic mass is 9.91. The number of aryl methyl sites for hydroxylation is 1. The molecule has 1 saturated carbocycles. The van der Waals surface area contributed by atoms with Gasteiger partial charge in [0.15, 0.2) is 0 Å². The summed E-state index contributed by atoms with van der Waals surface area (Å²) in [7, 11) is 0. The van der Waals surface area contributed by atoms with Crippen molar-refractivity contribution >= 4 is 47.4 Å². The molecule has 2 aliphatic heterocycles. The van der Waals surface area contributed by atoms with Gasteiger partial charge in [0, 0.05) is 50.1 Å². The second-order valence-electron chi connectivity index (χ2n) is 7.03. The van der Waals surface area contributed by atoms with Crippen LogP contribution in [0.4, 0.5) is 5.13 Å². The summed E-state index contributed by atoms with van der Waals surface area (Å²) < 4.78 is 4.36. The Morgan fingerprint density at radius 1 is 1.24 bits per heavy atom. The van der Waals surface area contributed by atoms with Crippen LogP contribution in [0.15, 0.2) is 0 Å². The number of carbonyl (C=O) groups excluding carboxylic acids is 1. The summed E-state index contributed by atoms with van der Waals surface area (Å²) in [6, 6.07) is 0. The molecule has 1 N–H and O–H groups in total. The fourth-order valence-electron chi connectivity index (χ4n) is 4.03. The Morgan fingerprint density at radius 2 is 1.92 bits per heavy atom. The van der Waals surface area contributed by atoms with Gasteiger partial charge in [-0.2, -0.15) is 4.37 Å². The Morgan fingerprint density at radius 3 is 2.52 bits per heavy atom. The Bertz CT molecular complexity index is 585. The molecule has 0 aromatic carbocycles. The van der Waals surface area contributed by atoms with Gasteiger partial charge in [0.1, 0.15) is 5.82 Å². The number of piperidine rings is 1. The maximum Gasteiger partial charge on any atom is 0.226 e. The summed E-state index contributed by atoms with van der Waals surface area (Å²) in [6.45, 7) is 7.64. The van der Waals surface area contributed by atoms with Gasteiger partial charge in [-0.15, -0.1) is 24.8 Å². The Balaban J connectivity index is 0.00000113. The molecular weight excluding hydrogens is 381 g/mol. The van der Waals surface area contributed by atoms with Gasteiger partial charge in [-0.3, -0.25) is 4.79 Å². The van der Waals surface area contributed by atoms with Crippen molar-refractivity contribution in [2.75, 3.05) is 44.2 Å². The first-order chi connectivity index (χ1) is 11.2. The molecule has 1 atom stereocenters. The number of hydrogen-bond donors (Lipinski definition) is 1. The maximum atomic E-state index is 12.8. The molecule has 1 aromatic heterocycles. The summed E-state index contributed by atoms with van der Waals surface area (Å²) in [4.78, 5) is 21.7. The Hall–Kier alpha value is -0.630. The van der Waals surface area contributed by atoms with Crippen LogP contribution in [0.25, 0.3) is 0 Å². The lowest BCUT2D eigenvalue weighted by Crippen LogP contribution is -2.49. The highest BCUT2D eigenvalue weighted by Gasteiger charge is 2.58. The number of amides is 1. The number of rotatable bonds is 3. The van der Waals surface area contributed by atoms with Crippen LogP contribution in [0.5, 0.6) is 0 Å². The van der Waals surface area contributed by atoms with Crippen LogP contribution in [0.2, 0.25) is 0 Å². The number of carbonyl (C=O) groups is 1. The van der Waals surface area contributed by atoms with Gasteiger partial charge in [0.2, 0.25) is 11.0 Å². The first-order valence-electron chi connectivity index (χ1n) is 8.79. The molecule has 1 aromatic rings. The largest absolute Gasteiger partial charge is 0.343 e. The van der Waals surface area contributed by atoms with Gasteiger partial charge in [-0.1, -0.05) is 6.92 Å². The SMILES string of the molecule is CCc1nsc(N2CCN(C(=O)C3CC34CCNCC4)CC2)n1.Cl.Cl. The van der Waals surface area contributed by atoms with E-state index >= 15 is 0 Å². The summed E-state index contributed by atoms with van der Waals surface area (Å²) in [5.74, 6) is 1.62. The van der Waals surface area contributed by atoms with Crippen molar-refractivity contribution in [3.8, 4) is 0 Å². The molecule has 1 spiro atoms. The van der Waals surface area contributed by atoms with Gasteiger partial charge >= 0.3 is 0 Å². The average molecular weight is 408 g/mol. The van der Waals surface area contributed by atoms with Crippen molar-refractivity contribution in [3.63, 3.8) is 0 Å². The second kappa shape index (κ2) is 8.37. The third-order valence-electron chi connectivity index (χ3n) is 5.72. The maximum absolute atomic E-state index is 12.8. The van der Waals surface area contributed by atoms with Gasteiger partial charge in [0.25, 0.3) is 0 Å². The van der Waals surface area contributed by atoms with Crippen LogP contribution in [0.1, 0.15) is 32.0 Å². The minimum atomic E-state index is 0. The zero-order chi connectivity index (χ0) is 15.9. The molecule has 1 unspecified atom stereocenters. The Kier molecular flexibility index (Phi) is 6.93. The molecule has 6 nitrogen and oxygen atoms in total. The molecule has 9 heteroatoms. The number of anilines is 1. The molecule has 25 heavy (non-hydrogen) atoms. The van der Waals surface area contributed by atoms with E-state index in [1.165, 1.54) is 24.4 Å². The van der Waals surface area contributed by atoms with Crippen molar-refractivity contribution < 1.29 is 4.79 Å². The smallest absolute Gasteiger partial charge is 0.226 e. The molecular formula is C16H27Cl2N5OS. The van der Waals surface area contributed by atoms with E-state index in [0.717, 1.165) is 63.1 Å². The lowest BCUT2D eigenvalue weighted by molar-refractivity contribution is -0.133. The van der Waals surface area contributed by atoms with Crippen LogP contribution < -0.4 is 10.2 Å². The molecule has 3 heterocycles. The third kappa shape index (κ3) is 4.04. The standard InChI is InChI=1S/C16H25N5OS.2ClH/c1-2-13-18-15(23-19-13)21-9-7-20(8-10-21)14(22)12-11-16(12)3-5-17-6-4-16;;/h12,17H,2-11H2,1H3;2*1H. The zero-order valence-corrected chi connectivity index (χ0v) is 17.0. The van der Waals surface area contributed by atoms with E-state index in [0.29, 0.717) is 17.2 Å². The molecule has 3 aliphatic rings. The van der Waals surface area contributed by atoms with Gasteiger partial charge in [0.05, 0.1) is 0 Å². The van der Waals surface area contributed by atoms with Gasteiger partial charge < -0.3 is 15.1 Å². The van der Waals surface area contributed by atoms with E-state index in [1.54, 1.807) is 0 Å². The summed E-state index contributed by atoms with van der Waals surface area (Å²) >= 11 is 1.48. The third-order valence-corrected chi connectivity index (χ3v) is 6.54. The highest BCUT2D eigenvalue weighted by atomic mass is 35.5. The Labute approximate surface area is 165 Å². The molecule has 3 fully saturated rings. The van der Waals surface area contributed by atoms with Crippen LogP contribution in [0, 0.1) is 11.3 Å². The fourth-order valence-corrected chi connectivity index (χ4v) is 4.83. The molecule has 0 bridgehead atoms. The molecule has 1 aliphatic carbocycles. The topological polar surface area (TPSA) is 61.4 Å². The fraction of sp³-hybridized carbons (Fsp3) is 0.812. The van der Waals surface area contributed by atoms with E-state index in [9.17, 15) is 4.79 Å². The lowest BCUT2D eigenvalue weighted by Gasteiger charge is -2.35. The number of nitrogens with zero attached hydrogens (tertiary/aromatic N) is 4. The van der Waals surface area contributed by atoms with Crippen molar-refractivity contribution in [2.24, 2.45) is 11.3 Å². The van der Waals surface area contributed by atoms with Crippen molar-refractivity contribution in [2.45, 2.75) is 32.6 Å². The number of aromatic nitrogens is 2. The number of piperazine rings is 1. The van der Waals surface area contributed by atoms with Gasteiger partial charge in [-0.05, 0) is 37.8 Å². The summed E-state index contributed by atoms with van der Waals surface area (Å²) in [5, 5.41) is 4.42. The van der Waals surface area contributed by atoms with E-state index in [-0.39, 0.29) is 24.8 Å².